The van der Waals surface area contributed by atoms with E-state index in [1.807, 2.05) is 0 Å². The smallest absolute Gasteiger partial charge is 0.454 e. The lowest BCUT2D eigenvalue weighted by Crippen LogP contribution is -2.30. The first-order valence-electron chi connectivity index (χ1n) is 3.62. The van der Waals surface area contributed by atoms with Gasteiger partial charge in [0.1, 0.15) is 0 Å². The van der Waals surface area contributed by atoms with Gasteiger partial charge in [0.05, 0.1) is 17.2 Å². The maximum absolute atomic E-state index is 12.0. The van der Waals surface area contributed by atoms with Gasteiger partial charge in [-0.25, -0.2) is 0 Å². The van der Waals surface area contributed by atoms with Gasteiger partial charge in [0.2, 0.25) is 0 Å². The van der Waals surface area contributed by atoms with Gasteiger partial charge in [-0.15, -0.1) is 0 Å². The number of Topliss-reactive ketones (excluding diaryl/α,β-unsaturated/α-hetero) is 1. The first-order valence-corrected chi connectivity index (χ1v) is 3.62. The van der Waals surface area contributed by atoms with E-state index in [1.54, 1.807) is 0 Å². The van der Waals surface area contributed by atoms with Crippen molar-refractivity contribution in [2.24, 2.45) is 0 Å². The van der Waals surface area contributed by atoms with Crippen LogP contribution in [0.2, 0.25) is 0 Å². The van der Waals surface area contributed by atoms with Crippen molar-refractivity contribution < 1.29 is 27.9 Å². The van der Waals surface area contributed by atoms with E-state index >= 15 is 0 Å². The van der Waals surface area contributed by atoms with Crippen LogP contribution in [0, 0.1) is 0 Å². The molecule has 0 atom stereocenters. The van der Waals surface area contributed by atoms with E-state index in [-0.39, 0.29) is 0 Å². The van der Waals surface area contributed by atoms with Gasteiger partial charge in [0.25, 0.3) is 5.78 Å². The van der Waals surface area contributed by atoms with Gasteiger partial charge in [0.15, 0.2) is 0 Å². The number of pyridine rings is 1. The molecule has 15 heavy (non-hydrogen) atoms. The Balaban J connectivity index is 3.26. The molecule has 0 amide bonds. The van der Waals surface area contributed by atoms with Crippen LogP contribution in [0.3, 0.4) is 0 Å². The van der Waals surface area contributed by atoms with E-state index < -0.39 is 29.2 Å². The molecule has 4 nitrogen and oxygen atoms in total. The Kier molecular flexibility index (Phi) is 2.74. The fraction of sp³-hybridized carbons (Fsp3) is 0.125. The summed E-state index contributed by atoms with van der Waals surface area (Å²) in [6, 6.07) is 1.76. The highest BCUT2D eigenvalue weighted by atomic mass is 19.4. The van der Waals surface area contributed by atoms with Gasteiger partial charge in [-0.05, 0) is 12.1 Å². The Morgan fingerprint density at radius 1 is 1.33 bits per heavy atom. The summed E-state index contributed by atoms with van der Waals surface area (Å²) in [7, 11) is 0. The zero-order valence-electron chi connectivity index (χ0n) is 7.04. The number of alkyl halides is 3. The second-order valence-corrected chi connectivity index (χ2v) is 2.51. The molecule has 0 fully saturated rings. The molecule has 0 saturated carbocycles. The summed E-state index contributed by atoms with van der Waals surface area (Å²) >= 11 is 0. The minimum Gasteiger partial charge on any atom is -0.543 e. The number of carbonyl (C=O) groups is 2. The van der Waals surface area contributed by atoms with Crippen molar-refractivity contribution in [1.82, 2.24) is 4.98 Å². The monoisotopic (exact) mass is 218 g/mol. The van der Waals surface area contributed by atoms with Crippen molar-refractivity contribution in [3.63, 3.8) is 0 Å². The third-order valence-corrected chi connectivity index (χ3v) is 1.50. The molecule has 0 aliphatic heterocycles. The number of hydrogen-bond donors (Lipinski definition) is 0. The topological polar surface area (TPSA) is 70.1 Å². The fourth-order valence-corrected chi connectivity index (χ4v) is 0.904. The first-order chi connectivity index (χ1) is 6.84. The van der Waals surface area contributed by atoms with Crippen molar-refractivity contribution in [3.05, 3.63) is 29.6 Å². The largest absolute Gasteiger partial charge is 0.543 e. The van der Waals surface area contributed by atoms with Gasteiger partial charge in [-0.3, -0.25) is 9.78 Å². The summed E-state index contributed by atoms with van der Waals surface area (Å²) in [5.41, 5.74) is -2.04. The van der Waals surface area contributed by atoms with Crippen molar-refractivity contribution in [2.75, 3.05) is 0 Å². The van der Waals surface area contributed by atoms with Crippen LogP contribution >= 0.6 is 0 Å². The molecule has 0 saturated heterocycles. The number of carboxylic acids is 1. The van der Waals surface area contributed by atoms with Crippen LogP contribution in [0.4, 0.5) is 13.2 Å². The number of carboxylic acid groups (broad SMARTS) is 1. The number of halogens is 3. The third kappa shape index (κ3) is 2.30. The number of hydrogen-bond acceptors (Lipinski definition) is 4. The Bertz CT molecular complexity index is 414. The van der Waals surface area contributed by atoms with Gasteiger partial charge < -0.3 is 9.90 Å². The van der Waals surface area contributed by atoms with Crippen LogP contribution in [0.25, 0.3) is 0 Å². The van der Waals surface area contributed by atoms with E-state index in [0.717, 1.165) is 18.3 Å². The van der Waals surface area contributed by atoms with Crippen molar-refractivity contribution in [1.29, 1.82) is 0 Å². The quantitative estimate of drug-likeness (QED) is 0.664. The van der Waals surface area contributed by atoms with Gasteiger partial charge in [-0.2, -0.15) is 13.2 Å². The predicted octanol–water partition coefficient (Wildman–Crippen LogP) is 0.190. The van der Waals surface area contributed by atoms with E-state index in [4.69, 9.17) is 0 Å². The van der Waals surface area contributed by atoms with Crippen LogP contribution in [0.5, 0.6) is 0 Å². The third-order valence-electron chi connectivity index (χ3n) is 1.50. The van der Waals surface area contributed by atoms with Crippen LogP contribution in [-0.4, -0.2) is 22.9 Å². The van der Waals surface area contributed by atoms with Crippen molar-refractivity contribution in [3.8, 4) is 0 Å². The second-order valence-electron chi connectivity index (χ2n) is 2.51. The highest BCUT2D eigenvalue weighted by Crippen LogP contribution is 2.22. The van der Waals surface area contributed by atoms with Crippen LogP contribution in [0.15, 0.2) is 18.3 Å². The van der Waals surface area contributed by atoms with E-state index in [2.05, 4.69) is 4.98 Å². The first kappa shape index (κ1) is 11.2. The Morgan fingerprint density at radius 2 is 1.93 bits per heavy atom. The molecule has 1 aromatic rings. The lowest BCUT2D eigenvalue weighted by molar-refractivity contribution is -0.255. The van der Waals surface area contributed by atoms with Gasteiger partial charge in [-0.1, -0.05) is 0 Å². The predicted molar refractivity (Wildman–Crippen MR) is 39.0 cm³/mol. The lowest BCUT2D eigenvalue weighted by atomic mass is 10.1. The normalized spacial score (nSPS) is 11.1. The number of nitrogens with zero attached hydrogens (tertiary/aromatic N) is 1. The van der Waals surface area contributed by atoms with Gasteiger partial charge >= 0.3 is 6.18 Å². The molecule has 0 aliphatic carbocycles. The standard InChI is InChI=1S/C8H4F3NO3/c9-8(10,11)6(13)4-2-1-3-12-5(4)7(14)15/h1-3H,(H,14,15)/p-1. The number of aromatic nitrogens is 1. The molecule has 0 aromatic carbocycles. The molecule has 0 bridgehead atoms. The molecule has 1 aromatic heterocycles. The molecular formula is C8H3F3NO3-. The Morgan fingerprint density at radius 3 is 2.40 bits per heavy atom. The van der Waals surface area contributed by atoms with Crippen molar-refractivity contribution >= 4 is 11.8 Å². The minimum atomic E-state index is -5.13. The Hall–Kier alpha value is -1.92. The maximum atomic E-state index is 12.0. The SMILES string of the molecule is O=C([O-])c1ncccc1C(=O)C(F)(F)F. The number of carbonyl (C=O) groups excluding carboxylic acids is 2. The molecular weight excluding hydrogens is 215 g/mol. The summed E-state index contributed by atoms with van der Waals surface area (Å²) in [5.74, 6) is -4.18. The van der Waals surface area contributed by atoms with E-state index in [0.29, 0.717) is 0 Å². The van der Waals surface area contributed by atoms with Gasteiger partial charge in [0, 0.05) is 6.20 Å². The zero-order valence-corrected chi connectivity index (χ0v) is 7.04. The summed E-state index contributed by atoms with van der Waals surface area (Å²) in [6.45, 7) is 0. The summed E-state index contributed by atoms with van der Waals surface area (Å²) in [6.07, 6.45) is -4.18. The second kappa shape index (κ2) is 3.68. The average molecular weight is 218 g/mol. The molecule has 0 aliphatic rings. The van der Waals surface area contributed by atoms with Crippen LogP contribution in [0.1, 0.15) is 20.8 Å². The summed E-state index contributed by atoms with van der Waals surface area (Å²) in [4.78, 5) is 24.2. The number of ketones is 1. The molecule has 80 valence electrons. The lowest BCUT2D eigenvalue weighted by Gasteiger charge is -2.09. The molecule has 7 heteroatoms. The average Bonchev–Trinajstić information content (AvgIpc) is 2.15. The number of aromatic carboxylic acids is 1. The highest BCUT2D eigenvalue weighted by Gasteiger charge is 2.40. The highest BCUT2D eigenvalue weighted by molar-refractivity contribution is 6.06. The summed E-state index contributed by atoms with van der Waals surface area (Å²) in [5, 5.41) is 10.4. The van der Waals surface area contributed by atoms with Crippen LogP contribution < -0.4 is 5.11 Å². The molecule has 0 N–H and O–H groups in total. The minimum absolute atomic E-state index is 0.730. The van der Waals surface area contributed by atoms with E-state index in [9.17, 15) is 27.9 Å². The van der Waals surface area contributed by atoms with Crippen molar-refractivity contribution in [2.45, 2.75) is 6.18 Å². The van der Waals surface area contributed by atoms with Crippen LogP contribution in [-0.2, 0) is 0 Å². The number of rotatable bonds is 2. The zero-order chi connectivity index (χ0) is 11.6. The molecule has 0 spiro atoms. The molecule has 0 radical (unpaired) electrons. The fourth-order valence-electron chi connectivity index (χ4n) is 0.904. The molecule has 0 unspecified atom stereocenters. The molecule has 1 heterocycles. The Labute approximate surface area is 81.4 Å². The van der Waals surface area contributed by atoms with E-state index in [1.165, 1.54) is 0 Å². The maximum Gasteiger partial charge on any atom is 0.454 e. The molecule has 1 rings (SSSR count). The summed E-state index contributed by atoms with van der Waals surface area (Å²) < 4.78 is 36.0.